The third-order valence-corrected chi connectivity index (χ3v) is 4.33. The summed E-state index contributed by atoms with van der Waals surface area (Å²) in [7, 11) is 0. The molecular formula is C20H14N2O2. The number of phenolic OH excluding ortho intramolecular Hbond substituents is 1. The molecule has 3 N–H and O–H groups in total. The Balaban J connectivity index is 2.08. The van der Waals surface area contributed by atoms with Crippen molar-refractivity contribution in [3.63, 3.8) is 0 Å². The van der Waals surface area contributed by atoms with E-state index in [0.29, 0.717) is 16.9 Å². The standard InChI is InChI=1S/C20H14N2O2/c21-11-15-17(12-6-2-1-3-7-12)18-16(23)10-13-8-4-5-9-14(13)19(18)24-20(15)22/h1-10,17,23H,22H2/t17-/m1/s1. The average molecular weight is 314 g/mol. The molecular weight excluding hydrogens is 300 g/mol. The number of nitrogens with zero attached hydrogens (tertiary/aromatic N) is 1. The van der Waals surface area contributed by atoms with Gasteiger partial charge >= 0.3 is 0 Å². The Morgan fingerprint density at radius 3 is 2.50 bits per heavy atom. The monoisotopic (exact) mass is 314 g/mol. The lowest BCUT2D eigenvalue weighted by atomic mass is 9.82. The summed E-state index contributed by atoms with van der Waals surface area (Å²) < 4.78 is 5.76. The molecule has 1 heterocycles. The average Bonchev–Trinajstić information content (AvgIpc) is 2.61. The van der Waals surface area contributed by atoms with Crippen LogP contribution < -0.4 is 10.5 Å². The fourth-order valence-corrected chi connectivity index (χ4v) is 3.26. The van der Waals surface area contributed by atoms with E-state index < -0.39 is 5.92 Å². The van der Waals surface area contributed by atoms with Gasteiger partial charge in [-0.2, -0.15) is 5.26 Å². The van der Waals surface area contributed by atoms with E-state index in [1.807, 2.05) is 54.6 Å². The molecule has 0 aromatic heterocycles. The Morgan fingerprint density at radius 2 is 1.75 bits per heavy atom. The highest BCUT2D eigenvalue weighted by atomic mass is 16.5. The largest absolute Gasteiger partial charge is 0.507 e. The van der Waals surface area contributed by atoms with Crippen molar-refractivity contribution < 1.29 is 9.84 Å². The predicted octanol–water partition coefficient (Wildman–Crippen LogP) is 3.76. The zero-order chi connectivity index (χ0) is 16.7. The molecule has 3 aromatic rings. The highest BCUT2D eigenvalue weighted by Gasteiger charge is 2.34. The van der Waals surface area contributed by atoms with E-state index in [1.165, 1.54) is 0 Å². The Bertz CT molecular complexity index is 1020. The van der Waals surface area contributed by atoms with Crippen LogP contribution in [0.2, 0.25) is 0 Å². The van der Waals surface area contributed by atoms with Crippen LogP contribution in [0, 0.1) is 11.3 Å². The van der Waals surface area contributed by atoms with Gasteiger partial charge < -0.3 is 15.6 Å². The molecule has 24 heavy (non-hydrogen) atoms. The summed E-state index contributed by atoms with van der Waals surface area (Å²) in [4.78, 5) is 0. The van der Waals surface area contributed by atoms with Crippen molar-refractivity contribution in [1.29, 1.82) is 5.26 Å². The molecule has 1 aliphatic heterocycles. The van der Waals surface area contributed by atoms with Crippen LogP contribution >= 0.6 is 0 Å². The van der Waals surface area contributed by atoms with Crippen LogP contribution in [-0.2, 0) is 0 Å². The quantitative estimate of drug-likeness (QED) is 0.716. The first-order valence-electron chi connectivity index (χ1n) is 7.58. The Hall–Kier alpha value is -3.45. The molecule has 0 saturated heterocycles. The number of phenols is 1. The van der Waals surface area contributed by atoms with Crippen LogP contribution in [0.15, 0.2) is 72.1 Å². The van der Waals surface area contributed by atoms with Crippen LogP contribution in [0.4, 0.5) is 0 Å². The van der Waals surface area contributed by atoms with E-state index in [-0.39, 0.29) is 11.6 Å². The van der Waals surface area contributed by atoms with Gasteiger partial charge in [-0.1, -0.05) is 54.6 Å². The second-order valence-corrected chi connectivity index (χ2v) is 5.70. The second-order valence-electron chi connectivity index (χ2n) is 5.70. The lowest BCUT2D eigenvalue weighted by Crippen LogP contribution is -2.21. The fraction of sp³-hybridized carbons (Fsp3) is 0.0500. The third kappa shape index (κ3) is 1.99. The van der Waals surface area contributed by atoms with Gasteiger partial charge in [0.05, 0.1) is 11.5 Å². The van der Waals surface area contributed by atoms with E-state index >= 15 is 0 Å². The molecule has 0 amide bonds. The Kier molecular flexibility index (Phi) is 3.14. The summed E-state index contributed by atoms with van der Waals surface area (Å²) in [5, 5.41) is 21.9. The molecule has 1 aliphatic rings. The molecule has 4 heteroatoms. The van der Waals surface area contributed by atoms with Crippen molar-refractivity contribution >= 4 is 10.8 Å². The molecule has 116 valence electrons. The maximum absolute atomic E-state index is 10.6. The molecule has 4 rings (SSSR count). The third-order valence-electron chi connectivity index (χ3n) is 4.33. The zero-order valence-electron chi connectivity index (χ0n) is 12.7. The van der Waals surface area contributed by atoms with Crippen LogP contribution in [0.3, 0.4) is 0 Å². The highest BCUT2D eigenvalue weighted by Crippen LogP contribution is 2.49. The number of benzene rings is 3. The van der Waals surface area contributed by atoms with Crippen molar-refractivity contribution in [2.45, 2.75) is 5.92 Å². The zero-order valence-corrected chi connectivity index (χ0v) is 12.7. The SMILES string of the molecule is N#CC1=C(N)Oc2c(c(O)cc3ccccc23)[C@@H]1c1ccccc1. The maximum atomic E-state index is 10.6. The number of ether oxygens (including phenoxy) is 1. The highest BCUT2D eigenvalue weighted by molar-refractivity contribution is 5.92. The first-order valence-corrected chi connectivity index (χ1v) is 7.58. The van der Waals surface area contributed by atoms with Crippen molar-refractivity contribution in [2.75, 3.05) is 0 Å². The first-order chi connectivity index (χ1) is 11.7. The van der Waals surface area contributed by atoms with Crippen LogP contribution in [0.5, 0.6) is 11.5 Å². The smallest absolute Gasteiger partial charge is 0.205 e. The molecule has 4 nitrogen and oxygen atoms in total. The van der Waals surface area contributed by atoms with E-state index in [4.69, 9.17) is 10.5 Å². The summed E-state index contributed by atoms with van der Waals surface area (Å²) >= 11 is 0. The first kappa shape index (κ1) is 14.2. The van der Waals surface area contributed by atoms with Gasteiger partial charge in [0.1, 0.15) is 23.1 Å². The van der Waals surface area contributed by atoms with Gasteiger partial charge in [0.15, 0.2) is 0 Å². The van der Waals surface area contributed by atoms with Gasteiger partial charge in [-0.25, -0.2) is 0 Å². The van der Waals surface area contributed by atoms with Gasteiger partial charge in [0, 0.05) is 5.39 Å². The van der Waals surface area contributed by atoms with E-state index in [9.17, 15) is 10.4 Å². The van der Waals surface area contributed by atoms with E-state index in [2.05, 4.69) is 6.07 Å². The number of hydrogen-bond donors (Lipinski definition) is 2. The normalized spacial score (nSPS) is 16.4. The minimum atomic E-state index is -0.454. The fourth-order valence-electron chi connectivity index (χ4n) is 3.26. The summed E-state index contributed by atoms with van der Waals surface area (Å²) in [6.07, 6.45) is 0. The molecule has 0 radical (unpaired) electrons. The van der Waals surface area contributed by atoms with Crippen molar-refractivity contribution in [3.8, 4) is 17.6 Å². The van der Waals surface area contributed by atoms with Gasteiger partial charge in [0.25, 0.3) is 0 Å². The summed E-state index contributed by atoms with van der Waals surface area (Å²) in [5.74, 6) is 0.230. The number of nitriles is 1. The van der Waals surface area contributed by atoms with Crippen molar-refractivity contribution in [1.82, 2.24) is 0 Å². The summed E-state index contributed by atoms with van der Waals surface area (Å²) in [6.45, 7) is 0. The molecule has 0 spiro atoms. The molecule has 0 saturated carbocycles. The minimum Gasteiger partial charge on any atom is -0.507 e. The number of allylic oxidation sites excluding steroid dienone is 1. The van der Waals surface area contributed by atoms with E-state index in [1.54, 1.807) is 6.07 Å². The predicted molar refractivity (Wildman–Crippen MR) is 91.4 cm³/mol. The van der Waals surface area contributed by atoms with Crippen LogP contribution in [-0.4, -0.2) is 5.11 Å². The number of rotatable bonds is 1. The number of aromatic hydroxyl groups is 1. The summed E-state index contributed by atoms with van der Waals surface area (Å²) in [6, 6.07) is 21.0. The number of fused-ring (bicyclic) bond motifs is 3. The lowest BCUT2D eigenvalue weighted by Gasteiger charge is -2.28. The molecule has 0 aliphatic carbocycles. The Labute approximate surface area is 139 Å². The molecule has 1 atom stereocenters. The molecule has 0 unspecified atom stereocenters. The van der Waals surface area contributed by atoms with Gasteiger partial charge in [-0.05, 0) is 17.0 Å². The van der Waals surface area contributed by atoms with Crippen molar-refractivity contribution in [2.24, 2.45) is 5.73 Å². The summed E-state index contributed by atoms with van der Waals surface area (Å²) in [5.41, 5.74) is 7.79. The van der Waals surface area contributed by atoms with E-state index in [0.717, 1.165) is 16.3 Å². The van der Waals surface area contributed by atoms with Gasteiger partial charge in [-0.3, -0.25) is 0 Å². The van der Waals surface area contributed by atoms with Gasteiger partial charge in [-0.15, -0.1) is 0 Å². The number of hydrogen-bond acceptors (Lipinski definition) is 4. The molecule has 3 aromatic carbocycles. The molecule has 0 fully saturated rings. The van der Waals surface area contributed by atoms with Crippen LogP contribution in [0.1, 0.15) is 17.0 Å². The molecule has 0 bridgehead atoms. The van der Waals surface area contributed by atoms with Gasteiger partial charge in [0.2, 0.25) is 5.88 Å². The topological polar surface area (TPSA) is 79.3 Å². The van der Waals surface area contributed by atoms with Crippen LogP contribution in [0.25, 0.3) is 10.8 Å². The lowest BCUT2D eigenvalue weighted by molar-refractivity contribution is 0.387. The van der Waals surface area contributed by atoms with Crippen molar-refractivity contribution in [3.05, 3.63) is 83.2 Å². The number of nitrogens with two attached hydrogens (primary N) is 1. The minimum absolute atomic E-state index is 0.0783. The maximum Gasteiger partial charge on any atom is 0.205 e. The second kappa shape index (κ2) is 5.32. The Morgan fingerprint density at radius 1 is 1.04 bits per heavy atom.